The van der Waals surface area contributed by atoms with Crippen LogP contribution in [-0.2, 0) is 9.53 Å². The number of benzene rings is 1. The zero-order chi connectivity index (χ0) is 23.1. The third-order valence-corrected chi connectivity index (χ3v) is 5.25. The average Bonchev–Trinajstić information content (AvgIpc) is 3.10. The molecule has 1 aromatic heterocycles. The van der Waals surface area contributed by atoms with E-state index in [1.165, 1.54) is 0 Å². The second-order valence-electron chi connectivity index (χ2n) is 7.56. The SMILES string of the molecule is CC.CN1CCC(C#Cc2cccc(-c3ncc(NCC4COC4)c(C(N)=O)n3)c2)C1=O. The number of carbonyl (C=O) groups is 2. The van der Waals surface area contributed by atoms with Gasteiger partial charge in [0.2, 0.25) is 5.91 Å². The van der Waals surface area contributed by atoms with Crippen LogP contribution in [-0.4, -0.2) is 60.0 Å². The van der Waals surface area contributed by atoms with Crippen molar-refractivity contribution in [2.45, 2.75) is 20.3 Å². The minimum atomic E-state index is -0.620. The lowest BCUT2D eigenvalue weighted by atomic mass is 10.1. The summed E-state index contributed by atoms with van der Waals surface area (Å²) in [4.78, 5) is 34.4. The molecule has 2 fully saturated rings. The highest BCUT2D eigenvalue weighted by Crippen LogP contribution is 2.21. The third-order valence-electron chi connectivity index (χ3n) is 5.25. The largest absolute Gasteiger partial charge is 0.381 e. The van der Waals surface area contributed by atoms with Crippen molar-refractivity contribution in [3.63, 3.8) is 0 Å². The van der Waals surface area contributed by atoms with Gasteiger partial charge in [0.25, 0.3) is 5.91 Å². The van der Waals surface area contributed by atoms with Crippen molar-refractivity contribution in [3.8, 4) is 23.2 Å². The van der Waals surface area contributed by atoms with Gasteiger partial charge in [-0.3, -0.25) is 9.59 Å². The van der Waals surface area contributed by atoms with E-state index in [1.807, 2.05) is 38.1 Å². The average molecular weight is 436 g/mol. The Kier molecular flexibility index (Phi) is 7.79. The van der Waals surface area contributed by atoms with E-state index in [0.717, 1.165) is 24.1 Å². The number of nitrogens with one attached hydrogen (secondary N) is 1. The molecule has 2 amide bonds. The Balaban J connectivity index is 0.00000141. The molecule has 0 aliphatic carbocycles. The molecule has 8 heteroatoms. The lowest BCUT2D eigenvalue weighted by Crippen LogP contribution is -2.34. The highest BCUT2D eigenvalue weighted by atomic mass is 16.5. The number of primary amides is 1. The van der Waals surface area contributed by atoms with E-state index in [2.05, 4.69) is 27.1 Å². The van der Waals surface area contributed by atoms with Crippen molar-refractivity contribution >= 4 is 17.5 Å². The maximum absolute atomic E-state index is 12.0. The monoisotopic (exact) mass is 435 g/mol. The summed E-state index contributed by atoms with van der Waals surface area (Å²) >= 11 is 0. The number of aromatic nitrogens is 2. The standard InChI is InChI=1S/C22H23N5O3.C2H6/c1-27-8-7-16(22(27)29)6-5-14-3-2-4-17(9-14)21-25-11-18(19(26-21)20(23)28)24-10-15-12-30-13-15;1-2/h2-4,9,11,15-16,24H,7-8,10,12-13H2,1H3,(H2,23,28);1-2H3. The Hall–Kier alpha value is -3.44. The Bertz CT molecular complexity index is 1040. The number of rotatable bonds is 5. The first-order chi connectivity index (χ1) is 15.5. The van der Waals surface area contributed by atoms with Crippen molar-refractivity contribution in [1.82, 2.24) is 14.9 Å². The van der Waals surface area contributed by atoms with Gasteiger partial charge in [-0.15, -0.1) is 0 Å². The molecular weight excluding hydrogens is 406 g/mol. The van der Waals surface area contributed by atoms with Gasteiger partial charge in [0.1, 0.15) is 5.92 Å². The fourth-order valence-electron chi connectivity index (χ4n) is 3.36. The first kappa shape index (κ1) is 23.2. The number of anilines is 1. The second-order valence-corrected chi connectivity index (χ2v) is 7.56. The van der Waals surface area contributed by atoms with Crippen molar-refractivity contribution < 1.29 is 14.3 Å². The third kappa shape index (κ3) is 5.42. The number of hydrogen-bond acceptors (Lipinski definition) is 6. The number of nitrogens with zero attached hydrogens (tertiary/aromatic N) is 3. The minimum Gasteiger partial charge on any atom is -0.381 e. The van der Waals surface area contributed by atoms with E-state index in [1.54, 1.807) is 18.1 Å². The lowest BCUT2D eigenvalue weighted by Gasteiger charge is -2.26. The Morgan fingerprint density at radius 2 is 2.12 bits per heavy atom. The van der Waals surface area contributed by atoms with Gasteiger partial charge in [-0.05, 0) is 18.6 Å². The molecule has 0 spiro atoms. The highest BCUT2D eigenvalue weighted by Gasteiger charge is 2.27. The molecule has 32 heavy (non-hydrogen) atoms. The molecule has 0 radical (unpaired) electrons. The summed E-state index contributed by atoms with van der Waals surface area (Å²) in [5, 5.41) is 3.18. The predicted molar refractivity (Wildman–Crippen MR) is 123 cm³/mol. The smallest absolute Gasteiger partial charge is 0.269 e. The molecule has 2 aromatic rings. The van der Waals surface area contributed by atoms with Crippen LogP contribution in [0.5, 0.6) is 0 Å². The van der Waals surface area contributed by atoms with E-state index in [4.69, 9.17) is 10.5 Å². The van der Waals surface area contributed by atoms with Crippen LogP contribution in [0.1, 0.15) is 36.3 Å². The zero-order valence-electron chi connectivity index (χ0n) is 18.7. The highest BCUT2D eigenvalue weighted by molar-refractivity contribution is 5.96. The van der Waals surface area contributed by atoms with Crippen LogP contribution in [0.15, 0.2) is 30.5 Å². The Labute approximate surface area is 188 Å². The fraction of sp³-hybridized carbons (Fsp3) is 0.417. The molecule has 4 rings (SSSR count). The van der Waals surface area contributed by atoms with E-state index in [-0.39, 0.29) is 17.5 Å². The minimum absolute atomic E-state index is 0.0599. The number of ether oxygens (including phenoxy) is 1. The summed E-state index contributed by atoms with van der Waals surface area (Å²) in [6.07, 6.45) is 2.32. The molecule has 2 aliphatic rings. The molecule has 0 saturated carbocycles. The van der Waals surface area contributed by atoms with Crippen LogP contribution in [0.2, 0.25) is 0 Å². The lowest BCUT2D eigenvalue weighted by molar-refractivity contribution is -0.128. The molecule has 2 aliphatic heterocycles. The predicted octanol–water partition coefficient (Wildman–Crippen LogP) is 2.16. The maximum Gasteiger partial charge on any atom is 0.269 e. The van der Waals surface area contributed by atoms with Crippen LogP contribution in [0.4, 0.5) is 5.69 Å². The summed E-state index contributed by atoms with van der Waals surface area (Å²) in [7, 11) is 1.79. The first-order valence-corrected chi connectivity index (χ1v) is 10.9. The van der Waals surface area contributed by atoms with Crippen molar-refractivity contribution in [3.05, 3.63) is 41.7 Å². The summed E-state index contributed by atoms with van der Waals surface area (Å²) < 4.78 is 5.16. The zero-order valence-corrected chi connectivity index (χ0v) is 18.7. The molecule has 3 heterocycles. The summed E-state index contributed by atoms with van der Waals surface area (Å²) in [5.41, 5.74) is 7.67. The molecule has 1 aromatic carbocycles. The molecule has 1 atom stereocenters. The van der Waals surface area contributed by atoms with Crippen molar-refractivity contribution in [2.24, 2.45) is 17.6 Å². The Morgan fingerprint density at radius 3 is 2.75 bits per heavy atom. The topological polar surface area (TPSA) is 110 Å². The molecule has 8 nitrogen and oxygen atoms in total. The molecule has 1 unspecified atom stereocenters. The van der Waals surface area contributed by atoms with E-state index >= 15 is 0 Å². The van der Waals surface area contributed by atoms with Gasteiger partial charge < -0.3 is 20.7 Å². The maximum atomic E-state index is 12.0. The second kappa shape index (κ2) is 10.7. The number of hydrogen-bond donors (Lipinski definition) is 2. The van der Waals surface area contributed by atoms with Crippen LogP contribution >= 0.6 is 0 Å². The molecule has 3 N–H and O–H groups in total. The van der Waals surface area contributed by atoms with Gasteiger partial charge in [0.15, 0.2) is 11.5 Å². The normalized spacial score (nSPS) is 17.5. The molecule has 2 saturated heterocycles. The van der Waals surface area contributed by atoms with E-state index < -0.39 is 5.91 Å². The summed E-state index contributed by atoms with van der Waals surface area (Å²) in [6.45, 7) is 6.81. The number of nitrogens with two attached hydrogens (primary N) is 1. The van der Waals surface area contributed by atoms with Gasteiger partial charge in [0, 0.05) is 37.2 Å². The fourth-order valence-corrected chi connectivity index (χ4v) is 3.36. The van der Waals surface area contributed by atoms with E-state index in [0.29, 0.717) is 37.2 Å². The molecular formula is C24H29N5O3. The van der Waals surface area contributed by atoms with Gasteiger partial charge >= 0.3 is 0 Å². The quantitative estimate of drug-likeness (QED) is 0.697. The molecule has 168 valence electrons. The number of carbonyl (C=O) groups excluding carboxylic acids is 2. The van der Waals surface area contributed by atoms with Crippen LogP contribution in [0.25, 0.3) is 11.4 Å². The van der Waals surface area contributed by atoms with Gasteiger partial charge in [-0.25, -0.2) is 9.97 Å². The van der Waals surface area contributed by atoms with Crippen LogP contribution < -0.4 is 11.1 Å². The Morgan fingerprint density at radius 1 is 1.34 bits per heavy atom. The van der Waals surface area contributed by atoms with Gasteiger partial charge in [0.05, 0.1) is 25.1 Å². The first-order valence-electron chi connectivity index (χ1n) is 10.9. The van der Waals surface area contributed by atoms with Crippen LogP contribution in [0.3, 0.4) is 0 Å². The summed E-state index contributed by atoms with van der Waals surface area (Å²) in [5.74, 6) is 6.11. The van der Waals surface area contributed by atoms with Crippen molar-refractivity contribution in [1.29, 1.82) is 0 Å². The van der Waals surface area contributed by atoms with Crippen LogP contribution in [0, 0.1) is 23.7 Å². The van der Waals surface area contributed by atoms with Gasteiger partial charge in [-0.1, -0.05) is 37.8 Å². The number of amides is 2. The summed E-state index contributed by atoms with van der Waals surface area (Å²) in [6, 6.07) is 7.40. The number of likely N-dealkylation sites (tertiary alicyclic amines) is 1. The van der Waals surface area contributed by atoms with E-state index in [9.17, 15) is 9.59 Å². The van der Waals surface area contributed by atoms with Crippen molar-refractivity contribution in [2.75, 3.05) is 38.7 Å². The van der Waals surface area contributed by atoms with Gasteiger partial charge in [-0.2, -0.15) is 0 Å². The molecule has 0 bridgehead atoms.